The number of rotatable bonds is 5. The Morgan fingerprint density at radius 1 is 1.60 bits per heavy atom. The zero-order valence-corrected chi connectivity index (χ0v) is 8.92. The third-order valence-electron chi connectivity index (χ3n) is 2.17. The van der Waals surface area contributed by atoms with Gasteiger partial charge >= 0.3 is 5.97 Å². The quantitative estimate of drug-likeness (QED) is 0.772. The van der Waals surface area contributed by atoms with Crippen LogP contribution in [0.4, 0.5) is 0 Å². The molecule has 0 radical (unpaired) electrons. The van der Waals surface area contributed by atoms with Crippen LogP contribution in [0.15, 0.2) is 12.4 Å². The van der Waals surface area contributed by atoms with Crippen molar-refractivity contribution in [3.63, 3.8) is 0 Å². The molecule has 0 aromatic carbocycles. The lowest BCUT2D eigenvalue weighted by Gasteiger charge is -2.06. The van der Waals surface area contributed by atoms with Crippen molar-refractivity contribution in [3.05, 3.63) is 18.0 Å². The number of carbonyl (C=O) groups is 1. The molecule has 0 fully saturated rings. The minimum Gasteiger partial charge on any atom is -0.481 e. The fourth-order valence-corrected chi connectivity index (χ4v) is 1.23. The van der Waals surface area contributed by atoms with Crippen molar-refractivity contribution < 1.29 is 15.0 Å². The minimum atomic E-state index is -0.898. The fourth-order valence-electron chi connectivity index (χ4n) is 1.23. The van der Waals surface area contributed by atoms with E-state index in [0.29, 0.717) is 5.56 Å². The molecule has 0 bridgehead atoms. The predicted molar refractivity (Wildman–Crippen MR) is 54.4 cm³/mol. The molecule has 0 saturated heterocycles. The number of aliphatic carboxylic acids is 1. The lowest BCUT2D eigenvalue weighted by Crippen LogP contribution is -2.02. The van der Waals surface area contributed by atoms with Gasteiger partial charge in [-0.05, 0) is 20.3 Å². The highest BCUT2D eigenvalue weighted by Gasteiger charge is 2.12. The Hall–Kier alpha value is -1.36. The molecule has 84 valence electrons. The van der Waals surface area contributed by atoms with E-state index in [2.05, 4.69) is 5.10 Å². The molecule has 1 aromatic heterocycles. The monoisotopic (exact) mass is 212 g/mol. The van der Waals surface area contributed by atoms with Crippen LogP contribution >= 0.6 is 0 Å². The van der Waals surface area contributed by atoms with Gasteiger partial charge in [-0.25, -0.2) is 0 Å². The highest BCUT2D eigenvalue weighted by molar-refractivity contribution is 5.66. The first-order valence-electron chi connectivity index (χ1n) is 4.94. The molecular formula is C10H16N2O3. The lowest BCUT2D eigenvalue weighted by molar-refractivity contribution is -0.137. The van der Waals surface area contributed by atoms with Gasteiger partial charge in [0.1, 0.15) is 0 Å². The van der Waals surface area contributed by atoms with Crippen molar-refractivity contribution in [1.29, 1.82) is 0 Å². The molecule has 0 saturated carbocycles. The van der Waals surface area contributed by atoms with E-state index in [0.717, 1.165) is 0 Å². The zero-order chi connectivity index (χ0) is 11.4. The molecule has 15 heavy (non-hydrogen) atoms. The predicted octanol–water partition coefficient (Wildman–Crippen LogP) is 1.36. The fraction of sp³-hybridized carbons (Fsp3) is 0.600. The van der Waals surface area contributed by atoms with Crippen LogP contribution in [0.5, 0.6) is 0 Å². The minimum absolute atomic E-state index is 0.0337. The van der Waals surface area contributed by atoms with Crippen molar-refractivity contribution in [3.8, 4) is 0 Å². The summed E-state index contributed by atoms with van der Waals surface area (Å²) in [7, 11) is 0. The summed E-state index contributed by atoms with van der Waals surface area (Å²) in [6, 6.07) is 0.241. The Bertz CT molecular complexity index is 333. The van der Waals surface area contributed by atoms with E-state index in [1.807, 2.05) is 13.8 Å². The average molecular weight is 212 g/mol. The van der Waals surface area contributed by atoms with Crippen LogP contribution in [0, 0.1) is 0 Å². The highest BCUT2D eigenvalue weighted by Crippen LogP contribution is 2.18. The van der Waals surface area contributed by atoms with E-state index in [-0.39, 0.29) is 18.9 Å². The number of aliphatic hydroxyl groups excluding tert-OH is 1. The van der Waals surface area contributed by atoms with Crippen molar-refractivity contribution in [2.75, 3.05) is 0 Å². The molecule has 2 N–H and O–H groups in total. The molecule has 1 heterocycles. The molecule has 5 heteroatoms. The van der Waals surface area contributed by atoms with E-state index in [4.69, 9.17) is 5.11 Å². The maximum Gasteiger partial charge on any atom is 0.303 e. The van der Waals surface area contributed by atoms with Gasteiger partial charge < -0.3 is 10.2 Å². The van der Waals surface area contributed by atoms with Crippen molar-refractivity contribution in [2.24, 2.45) is 0 Å². The number of nitrogens with zero attached hydrogens (tertiary/aromatic N) is 2. The van der Waals surface area contributed by atoms with Gasteiger partial charge in [0.15, 0.2) is 0 Å². The first kappa shape index (κ1) is 11.7. The lowest BCUT2D eigenvalue weighted by atomic mass is 10.1. The molecule has 0 aliphatic heterocycles. The molecule has 1 atom stereocenters. The van der Waals surface area contributed by atoms with Crippen molar-refractivity contribution in [2.45, 2.75) is 38.8 Å². The van der Waals surface area contributed by atoms with Crippen LogP contribution in [0.3, 0.4) is 0 Å². The Labute approximate surface area is 88.3 Å². The topological polar surface area (TPSA) is 75.4 Å². The summed E-state index contributed by atoms with van der Waals surface area (Å²) in [6.07, 6.45) is 2.77. The average Bonchev–Trinajstić information content (AvgIpc) is 2.62. The van der Waals surface area contributed by atoms with Crippen LogP contribution in [0.2, 0.25) is 0 Å². The zero-order valence-electron chi connectivity index (χ0n) is 8.92. The molecule has 1 rings (SSSR count). The van der Waals surface area contributed by atoms with Gasteiger partial charge in [-0.1, -0.05) is 0 Å². The van der Waals surface area contributed by atoms with Gasteiger partial charge in [0.25, 0.3) is 0 Å². The normalized spacial score (nSPS) is 13.1. The second kappa shape index (κ2) is 4.93. The number of carboxylic acids is 1. The van der Waals surface area contributed by atoms with Gasteiger partial charge in [0, 0.05) is 24.2 Å². The largest absolute Gasteiger partial charge is 0.481 e. The molecule has 1 unspecified atom stereocenters. The second-order valence-electron chi connectivity index (χ2n) is 3.80. The summed E-state index contributed by atoms with van der Waals surface area (Å²) in [4.78, 5) is 10.3. The van der Waals surface area contributed by atoms with E-state index < -0.39 is 12.1 Å². The number of aromatic nitrogens is 2. The number of hydrogen-bond acceptors (Lipinski definition) is 3. The Morgan fingerprint density at radius 3 is 2.73 bits per heavy atom. The standard InChI is InChI=1S/C10H16N2O3/c1-7(2)12-6-8(5-11-12)9(13)3-4-10(14)15/h5-7,9,13H,3-4H2,1-2H3,(H,14,15). The summed E-state index contributed by atoms with van der Waals surface area (Å²) in [6.45, 7) is 3.97. The van der Waals surface area contributed by atoms with Gasteiger partial charge in [0.05, 0.1) is 12.3 Å². The molecular weight excluding hydrogens is 196 g/mol. The van der Waals surface area contributed by atoms with Crippen LogP contribution in [0.1, 0.15) is 44.4 Å². The molecule has 0 aliphatic carbocycles. The van der Waals surface area contributed by atoms with E-state index in [9.17, 15) is 9.90 Å². The van der Waals surface area contributed by atoms with Crippen LogP contribution in [-0.4, -0.2) is 26.0 Å². The first-order chi connectivity index (χ1) is 7.00. The van der Waals surface area contributed by atoms with Gasteiger partial charge in [-0.15, -0.1) is 0 Å². The number of carboxylic acid groups (broad SMARTS) is 1. The van der Waals surface area contributed by atoms with Gasteiger partial charge in [-0.3, -0.25) is 9.48 Å². The van der Waals surface area contributed by atoms with Crippen molar-refractivity contribution in [1.82, 2.24) is 9.78 Å². The second-order valence-corrected chi connectivity index (χ2v) is 3.80. The third kappa shape index (κ3) is 3.36. The molecule has 0 amide bonds. The Kier molecular flexibility index (Phi) is 3.85. The maximum atomic E-state index is 10.3. The number of aliphatic hydroxyl groups is 1. The Morgan fingerprint density at radius 2 is 2.27 bits per heavy atom. The van der Waals surface area contributed by atoms with Crippen LogP contribution in [-0.2, 0) is 4.79 Å². The highest BCUT2D eigenvalue weighted by atomic mass is 16.4. The maximum absolute atomic E-state index is 10.3. The van der Waals surface area contributed by atoms with E-state index in [1.54, 1.807) is 17.1 Å². The Balaban J connectivity index is 2.57. The molecule has 5 nitrogen and oxygen atoms in total. The van der Waals surface area contributed by atoms with Crippen LogP contribution in [0.25, 0.3) is 0 Å². The number of hydrogen-bond donors (Lipinski definition) is 2. The smallest absolute Gasteiger partial charge is 0.303 e. The summed E-state index contributed by atoms with van der Waals surface area (Å²) in [5.41, 5.74) is 0.671. The third-order valence-corrected chi connectivity index (χ3v) is 2.17. The van der Waals surface area contributed by atoms with E-state index in [1.165, 1.54) is 0 Å². The molecule has 0 aliphatic rings. The van der Waals surface area contributed by atoms with Gasteiger partial charge in [0.2, 0.25) is 0 Å². The summed E-state index contributed by atoms with van der Waals surface area (Å²) in [5.74, 6) is -0.898. The first-order valence-corrected chi connectivity index (χ1v) is 4.94. The SMILES string of the molecule is CC(C)n1cc(C(O)CCC(=O)O)cn1. The van der Waals surface area contributed by atoms with Crippen LogP contribution < -0.4 is 0 Å². The van der Waals surface area contributed by atoms with Gasteiger partial charge in [-0.2, -0.15) is 5.10 Å². The van der Waals surface area contributed by atoms with E-state index >= 15 is 0 Å². The summed E-state index contributed by atoms with van der Waals surface area (Å²) in [5, 5.41) is 22.2. The summed E-state index contributed by atoms with van der Waals surface area (Å²) < 4.78 is 1.74. The molecule has 0 spiro atoms. The molecule has 1 aromatic rings. The van der Waals surface area contributed by atoms with Crippen molar-refractivity contribution >= 4 is 5.97 Å². The summed E-state index contributed by atoms with van der Waals surface area (Å²) >= 11 is 0.